The molecule has 0 aliphatic carbocycles. The maximum absolute atomic E-state index is 12.7. The molecule has 0 atom stereocenters. The van der Waals surface area contributed by atoms with Gasteiger partial charge in [0.15, 0.2) is 11.5 Å². The number of halogens is 1. The number of ether oxygens (including phenoxy) is 2. The summed E-state index contributed by atoms with van der Waals surface area (Å²) < 4.78 is 11.3. The number of para-hydroxylation sites is 1. The van der Waals surface area contributed by atoms with Gasteiger partial charge >= 0.3 is 0 Å². The van der Waals surface area contributed by atoms with Gasteiger partial charge in [0.2, 0.25) is 0 Å². The smallest absolute Gasteiger partial charge is 0.266 e. The molecule has 1 N–H and O–H groups in total. The van der Waals surface area contributed by atoms with Crippen molar-refractivity contribution in [2.24, 2.45) is 0 Å². The molecule has 0 saturated heterocycles. The molecular formula is C26H23ClN2O3. The second-order valence-corrected chi connectivity index (χ2v) is 7.33. The molecular weight excluding hydrogens is 424 g/mol. The second kappa shape index (κ2) is 11.0. The van der Waals surface area contributed by atoms with Gasteiger partial charge in [0, 0.05) is 16.3 Å². The zero-order chi connectivity index (χ0) is 22.9. The van der Waals surface area contributed by atoms with E-state index in [2.05, 4.69) is 5.32 Å². The number of hydrogen-bond donors (Lipinski definition) is 1. The first-order valence-electron chi connectivity index (χ1n) is 10.1. The Morgan fingerprint density at radius 1 is 1.06 bits per heavy atom. The normalized spacial score (nSPS) is 10.9. The Balaban J connectivity index is 1.78. The number of nitriles is 1. The first-order chi connectivity index (χ1) is 15.5. The summed E-state index contributed by atoms with van der Waals surface area (Å²) >= 11 is 6.18. The molecule has 5 nitrogen and oxygen atoms in total. The van der Waals surface area contributed by atoms with Crippen molar-refractivity contribution >= 4 is 29.3 Å². The summed E-state index contributed by atoms with van der Waals surface area (Å²) in [5.41, 5.74) is 3.18. The number of carbonyl (C=O) groups is 1. The second-order valence-electron chi connectivity index (χ2n) is 6.93. The van der Waals surface area contributed by atoms with E-state index in [1.807, 2.05) is 55.5 Å². The van der Waals surface area contributed by atoms with Gasteiger partial charge in [-0.2, -0.15) is 5.26 Å². The number of aryl methyl sites for hydroxylation is 1. The standard InChI is InChI=1S/C26H23ClN2O3/c1-3-19-8-5-7-11-23(19)29-26(30)21(16-28)14-18-12-13-24(25(15-18)31-2)32-17-20-9-4-6-10-22(20)27/h4-15H,3,17H2,1-2H3,(H,29,30)/b21-14+. The van der Waals surface area contributed by atoms with Crippen LogP contribution < -0.4 is 14.8 Å². The molecule has 0 radical (unpaired) electrons. The summed E-state index contributed by atoms with van der Waals surface area (Å²) in [5.74, 6) is 0.552. The van der Waals surface area contributed by atoms with E-state index in [0.29, 0.717) is 27.8 Å². The Hall–Kier alpha value is -3.75. The number of anilines is 1. The molecule has 0 spiro atoms. The SMILES string of the molecule is CCc1ccccc1NC(=O)/C(C#N)=C/c1ccc(OCc2ccccc2Cl)c(OC)c1. The third kappa shape index (κ3) is 5.69. The molecule has 32 heavy (non-hydrogen) atoms. The highest BCUT2D eigenvalue weighted by atomic mass is 35.5. The largest absolute Gasteiger partial charge is 0.493 e. The number of nitrogens with one attached hydrogen (secondary N) is 1. The van der Waals surface area contributed by atoms with E-state index < -0.39 is 5.91 Å². The van der Waals surface area contributed by atoms with Crippen molar-refractivity contribution in [3.63, 3.8) is 0 Å². The molecule has 0 fully saturated rings. The van der Waals surface area contributed by atoms with Crippen molar-refractivity contribution in [2.75, 3.05) is 12.4 Å². The van der Waals surface area contributed by atoms with Crippen LogP contribution in [0, 0.1) is 11.3 Å². The number of hydrogen-bond acceptors (Lipinski definition) is 4. The molecule has 0 saturated carbocycles. The van der Waals surface area contributed by atoms with Gasteiger partial charge in [0.25, 0.3) is 5.91 Å². The van der Waals surface area contributed by atoms with Crippen LogP contribution in [-0.4, -0.2) is 13.0 Å². The Labute approximate surface area is 192 Å². The van der Waals surface area contributed by atoms with Gasteiger partial charge in [0.1, 0.15) is 18.2 Å². The minimum Gasteiger partial charge on any atom is -0.493 e. The van der Waals surface area contributed by atoms with Gasteiger partial charge in [-0.05, 0) is 47.9 Å². The molecule has 0 bridgehead atoms. The summed E-state index contributed by atoms with van der Waals surface area (Å²) in [7, 11) is 1.53. The molecule has 162 valence electrons. The lowest BCUT2D eigenvalue weighted by Crippen LogP contribution is -2.14. The molecule has 0 aromatic heterocycles. The molecule has 3 aromatic rings. The topological polar surface area (TPSA) is 71.4 Å². The van der Waals surface area contributed by atoms with Crippen LogP contribution in [-0.2, 0) is 17.8 Å². The van der Waals surface area contributed by atoms with Crippen molar-refractivity contribution in [3.8, 4) is 17.6 Å². The fourth-order valence-electron chi connectivity index (χ4n) is 3.12. The summed E-state index contributed by atoms with van der Waals surface area (Å²) in [5, 5.41) is 13.0. The van der Waals surface area contributed by atoms with E-state index in [1.54, 1.807) is 24.3 Å². The van der Waals surface area contributed by atoms with Crippen LogP contribution >= 0.6 is 11.6 Å². The van der Waals surface area contributed by atoms with E-state index in [1.165, 1.54) is 13.2 Å². The maximum atomic E-state index is 12.7. The number of rotatable bonds is 8. The molecule has 3 aromatic carbocycles. The van der Waals surface area contributed by atoms with E-state index in [-0.39, 0.29) is 12.2 Å². The van der Waals surface area contributed by atoms with Gasteiger partial charge in [-0.25, -0.2) is 0 Å². The molecule has 0 aliphatic heterocycles. The highest BCUT2D eigenvalue weighted by Gasteiger charge is 2.13. The van der Waals surface area contributed by atoms with Crippen LogP contribution in [0.5, 0.6) is 11.5 Å². The van der Waals surface area contributed by atoms with E-state index >= 15 is 0 Å². The van der Waals surface area contributed by atoms with Gasteiger partial charge < -0.3 is 14.8 Å². The van der Waals surface area contributed by atoms with Gasteiger partial charge in [-0.3, -0.25) is 4.79 Å². The van der Waals surface area contributed by atoms with Crippen molar-refractivity contribution in [1.82, 2.24) is 0 Å². The lowest BCUT2D eigenvalue weighted by molar-refractivity contribution is -0.112. The predicted molar refractivity (Wildman–Crippen MR) is 127 cm³/mol. The Bertz CT molecular complexity index is 1180. The Kier molecular flexibility index (Phi) is 7.91. The third-order valence-electron chi connectivity index (χ3n) is 4.85. The summed E-state index contributed by atoms with van der Waals surface area (Å²) in [4.78, 5) is 12.7. The van der Waals surface area contributed by atoms with Crippen LogP contribution in [0.2, 0.25) is 5.02 Å². The molecule has 3 rings (SSSR count). The number of methoxy groups -OCH3 is 1. The maximum Gasteiger partial charge on any atom is 0.266 e. The molecule has 1 amide bonds. The quantitative estimate of drug-likeness (QED) is 0.338. The lowest BCUT2D eigenvalue weighted by atomic mass is 10.1. The van der Waals surface area contributed by atoms with Gasteiger partial charge in [-0.1, -0.05) is 61.0 Å². The van der Waals surface area contributed by atoms with Crippen molar-refractivity contribution < 1.29 is 14.3 Å². The minimum atomic E-state index is -0.466. The number of amides is 1. The Morgan fingerprint density at radius 2 is 1.78 bits per heavy atom. The zero-order valence-electron chi connectivity index (χ0n) is 17.9. The fourth-order valence-corrected chi connectivity index (χ4v) is 3.31. The predicted octanol–water partition coefficient (Wildman–Crippen LogP) is 6.04. The number of nitrogens with zero attached hydrogens (tertiary/aromatic N) is 1. The van der Waals surface area contributed by atoms with Gasteiger partial charge in [-0.15, -0.1) is 0 Å². The summed E-state index contributed by atoms with van der Waals surface area (Å²) in [6.45, 7) is 2.29. The summed E-state index contributed by atoms with van der Waals surface area (Å²) in [6.07, 6.45) is 2.29. The van der Waals surface area contributed by atoms with E-state index in [4.69, 9.17) is 21.1 Å². The minimum absolute atomic E-state index is 0.0114. The van der Waals surface area contributed by atoms with Crippen LogP contribution in [0.25, 0.3) is 6.08 Å². The van der Waals surface area contributed by atoms with Gasteiger partial charge in [0.05, 0.1) is 7.11 Å². The van der Waals surface area contributed by atoms with Crippen molar-refractivity contribution in [1.29, 1.82) is 5.26 Å². The Morgan fingerprint density at radius 3 is 2.47 bits per heavy atom. The number of carbonyl (C=O) groups excluding carboxylic acids is 1. The van der Waals surface area contributed by atoms with Crippen LogP contribution in [0.1, 0.15) is 23.6 Å². The average molecular weight is 447 g/mol. The lowest BCUT2D eigenvalue weighted by Gasteiger charge is -2.12. The van der Waals surface area contributed by atoms with Crippen LogP contribution in [0.15, 0.2) is 72.3 Å². The first-order valence-corrected chi connectivity index (χ1v) is 10.5. The first kappa shape index (κ1) is 22.9. The van der Waals surface area contributed by atoms with Crippen molar-refractivity contribution in [3.05, 3.63) is 94.0 Å². The average Bonchev–Trinajstić information content (AvgIpc) is 2.82. The molecule has 0 aliphatic rings. The fraction of sp³-hybridized carbons (Fsp3) is 0.154. The van der Waals surface area contributed by atoms with E-state index in [0.717, 1.165) is 17.5 Å². The number of benzene rings is 3. The summed E-state index contributed by atoms with van der Waals surface area (Å²) in [6, 6.07) is 22.1. The monoisotopic (exact) mass is 446 g/mol. The molecule has 6 heteroatoms. The molecule has 0 unspecified atom stereocenters. The van der Waals surface area contributed by atoms with Crippen molar-refractivity contribution in [2.45, 2.75) is 20.0 Å². The third-order valence-corrected chi connectivity index (χ3v) is 5.22. The zero-order valence-corrected chi connectivity index (χ0v) is 18.6. The molecule has 0 heterocycles. The van der Waals surface area contributed by atoms with Crippen LogP contribution in [0.3, 0.4) is 0 Å². The van der Waals surface area contributed by atoms with E-state index in [9.17, 15) is 10.1 Å². The van der Waals surface area contributed by atoms with Crippen LogP contribution in [0.4, 0.5) is 5.69 Å². The highest BCUT2D eigenvalue weighted by Crippen LogP contribution is 2.30. The highest BCUT2D eigenvalue weighted by molar-refractivity contribution is 6.31.